The third-order valence-corrected chi connectivity index (χ3v) is 3.87. The number of carbonyl (C=O) groups excluding carboxylic acids is 1. The Kier molecular flexibility index (Phi) is 4.45. The Hall–Kier alpha value is -1.40. The second-order valence-corrected chi connectivity index (χ2v) is 6.04. The third-order valence-electron chi connectivity index (χ3n) is 2.77. The van der Waals surface area contributed by atoms with Crippen LogP contribution in [0.4, 0.5) is 15.8 Å². The van der Waals surface area contributed by atoms with Gasteiger partial charge in [0.05, 0.1) is 10.0 Å². The second kappa shape index (κ2) is 5.93. The van der Waals surface area contributed by atoms with Crippen LogP contribution >= 0.6 is 31.9 Å². The molecule has 0 fully saturated rings. The zero-order valence-corrected chi connectivity index (χ0v) is 13.7. The van der Waals surface area contributed by atoms with Gasteiger partial charge in [0.25, 0.3) is 5.91 Å². The van der Waals surface area contributed by atoms with Crippen molar-refractivity contribution < 1.29 is 9.18 Å². The molecule has 0 unspecified atom stereocenters. The molecule has 0 atom stereocenters. The summed E-state index contributed by atoms with van der Waals surface area (Å²) in [7, 11) is 0. The van der Waals surface area contributed by atoms with Crippen LogP contribution in [0.1, 0.15) is 15.9 Å². The average molecular weight is 402 g/mol. The van der Waals surface area contributed by atoms with Gasteiger partial charge in [0, 0.05) is 15.8 Å². The zero-order chi connectivity index (χ0) is 14.9. The first-order valence-electron chi connectivity index (χ1n) is 5.70. The van der Waals surface area contributed by atoms with Crippen molar-refractivity contribution >= 4 is 49.1 Å². The molecule has 2 rings (SSSR count). The summed E-state index contributed by atoms with van der Waals surface area (Å²) in [6, 6.07) is 7.89. The van der Waals surface area contributed by atoms with Gasteiger partial charge in [0.1, 0.15) is 5.82 Å². The number of nitrogens with one attached hydrogen (secondary N) is 1. The molecular weight excluding hydrogens is 391 g/mol. The molecule has 3 nitrogen and oxygen atoms in total. The number of nitrogen functional groups attached to an aromatic ring is 1. The van der Waals surface area contributed by atoms with Crippen LogP contribution in [-0.2, 0) is 0 Å². The van der Waals surface area contributed by atoms with E-state index in [9.17, 15) is 9.18 Å². The minimum Gasteiger partial charge on any atom is -0.398 e. The largest absolute Gasteiger partial charge is 0.398 e. The van der Waals surface area contributed by atoms with Gasteiger partial charge in [-0.15, -0.1) is 0 Å². The van der Waals surface area contributed by atoms with E-state index in [1.165, 1.54) is 12.1 Å². The number of amides is 1. The monoisotopic (exact) mass is 400 g/mol. The predicted molar refractivity (Wildman–Crippen MR) is 85.3 cm³/mol. The minimum absolute atomic E-state index is 0.294. The lowest BCUT2D eigenvalue weighted by Crippen LogP contribution is -2.15. The SMILES string of the molecule is Cc1cc(F)c(Br)cc1NC(=O)c1ccc(Br)cc1N. The smallest absolute Gasteiger partial charge is 0.257 e. The molecule has 0 spiro atoms. The number of nitrogens with two attached hydrogens (primary N) is 1. The molecule has 0 saturated carbocycles. The van der Waals surface area contributed by atoms with Crippen LogP contribution in [0.5, 0.6) is 0 Å². The van der Waals surface area contributed by atoms with Crippen LogP contribution in [0.2, 0.25) is 0 Å². The molecule has 0 bridgehead atoms. The summed E-state index contributed by atoms with van der Waals surface area (Å²) in [6.45, 7) is 1.72. The topological polar surface area (TPSA) is 55.1 Å². The Morgan fingerprint density at radius 3 is 2.60 bits per heavy atom. The number of carbonyl (C=O) groups is 1. The first kappa shape index (κ1) is 15.0. The van der Waals surface area contributed by atoms with Crippen molar-refractivity contribution in [1.29, 1.82) is 0 Å². The first-order valence-corrected chi connectivity index (χ1v) is 7.29. The van der Waals surface area contributed by atoms with Crippen LogP contribution in [0, 0.1) is 12.7 Å². The molecule has 0 radical (unpaired) electrons. The van der Waals surface area contributed by atoms with E-state index in [0.29, 0.717) is 27.0 Å². The highest BCUT2D eigenvalue weighted by molar-refractivity contribution is 9.10. The lowest BCUT2D eigenvalue weighted by molar-refractivity contribution is 0.102. The molecule has 0 heterocycles. The van der Waals surface area contributed by atoms with Gasteiger partial charge >= 0.3 is 0 Å². The van der Waals surface area contributed by atoms with Gasteiger partial charge in [-0.25, -0.2) is 4.39 Å². The average Bonchev–Trinajstić information content (AvgIpc) is 2.35. The van der Waals surface area contributed by atoms with Crippen molar-refractivity contribution in [2.75, 3.05) is 11.1 Å². The maximum Gasteiger partial charge on any atom is 0.257 e. The summed E-state index contributed by atoms with van der Waals surface area (Å²) in [5.74, 6) is -0.708. The number of halogens is 3. The number of benzene rings is 2. The molecule has 0 aliphatic carbocycles. The van der Waals surface area contributed by atoms with Crippen molar-refractivity contribution in [1.82, 2.24) is 0 Å². The zero-order valence-electron chi connectivity index (χ0n) is 10.5. The van der Waals surface area contributed by atoms with Gasteiger partial charge in [-0.1, -0.05) is 15.9 Å². The van der Waals surface area contributed by atoms with Gasteiger partial charge in [-0.05, 0) is 58.7 Å². The molecule has 2 aromatic rings. The number of hydrogen-bond acceptors (Lipinski definition) is 2. The van der Waals surface area contributed by atoms with Gasteiger partial charge in [0.2, 0.25) is 0 Å². The maximum atomic E-state index is 13.3. The molecule has 2 aromatic carbocycles. The molecule has 3 N–H and O–H groups in total. The number of rotatable bonds is 2. The molecule has 104 valence electrons. The molecule has 1 amide bonds. The molecular formula is C14H11Br2FN2O. The highest BCUT2D eigenvalue weighted by Crippen LogP contribution is 2.26. The Bertz CT molecular complexity index is 689. The normalized spacial score (nSPS) is 10.4. The van der Waals surface area contributed by atoms with Gasteiger partial charge < -0.3 is 11.1 Å². The molecule has 20 heavy (non-hydrogen) atoms. The summed E-state index contributed by atoms with van der Waals surface area (Å²) in [5.41, 5.74) is 7.71. The highest BCUT2D eigenvalue weighted by Gasteiger charge is 2.13. The molecule has 0 saturated heterocycles. The Labute approximate surface area is 132 Å². The van der Waals surface area contributed by atoms with Crippen molar-refractivity contribution in [2.24, 2.45) is 0 Å². The van der Waals surface area contributed by atoms with Crippen LogP contribution in [-0.4, -0.2) is 5.91 Å². The van der Waals surface area contributed by atoms with Gasteiger partial charge in [-0.2, -0.15) is 0 Å². The summed E-state index contributed by atoms with van der Waals surface area (Å²) in [6.07, 6.45) is 0. The quantitative estimate of drug-likeness (QED) is 0.728. The van der Waals surface area contributed by atoms with Crippen LogP contribution in [0.25, 0.3) is 0 Å². The summed E-state index contributed by atoms with van der Waals surface area (Å²) < 4.78 is 14.4. The van der Waals surface area contributed by atoms with Gasteiger partial charge in [0.15, 0.2) is 0 Å². The van der Waals surface area contributed by atoms with Crippen molar-refractivity contribution in [2.45, 2.75) is 6.92 Å². The van der Waals surface area contributed by atoms with Crippen molar-refractivity contribution in [3.8, 4) is 0 Å². The Morgan fingerprint density at radius 2 is 1.95 bits per heavy atom. The van der Waals surface area contributed by atoms with E-state index in [-0.39, 0.29) is 11.7 Å². The number of hydrogen-bond donors (Lipinski definition) is 2. The summed E-state index contributed by atoms with van der Waals surface area (Å²) in [5, 5.41) is 2.72. The van der Waals surface area contributed by atoms with Crippen molar-refractivity contribution in [3.05, 3.63) is 56.2 Å². The minimum atomic E-state index is -0.372. The fourth-order valence-electron chi connectivity index (χ4n) is 1.71. The van der Waals surface area contributed by atoms with E-state index < -0.39 is 0 Å². The summed E-state index contributed by atoms with van der Waals surface area (Å²) >= 11 is 6.37. The van der Waals surface area contributed by atoms with Crippen LogP contribution in [0.3, 0.4) is 0 Å². The fourth-order valence-corrected chi connectivity index (χ4v) is 2.43. The van der Waals surface area contributed by atoms with Crippen LogP contribution < -0.4 is 11.1 Å². The van der Waals surface area contributed by atoms with E-state index in [1.807, 2.05) is 0 Å². The fraction of sp³-hybridized carbons (Fsp3) is 0.0714. The highest BCUT2D eigenvalue weighted by atomic mass is 79.9. The lowest BCUT2D eigenvalue weighted by atomic mass is 10.1. The lowest BCUT2D eigenvalue weighted by Gasteiger charge is -2.11. The molecule has 0 aromatic heterocycles. The second-order valence-electron chi connectivity index (χ2n) is 4.27. The van der Waals surface area contributed by atoms with Gasteiger partial charge in [-0.3, -0.25) is 4.79 Å². The van der Waals surface area contributed by atoms with E-state index >= 15 is 0 Å². The van der Waals surface area contributed by atoms with E-state index in [4.69, 9.17) is 5.73 Å². The molecule has 0 aliphatic heterocycles. The predicted octanol–water partition coefficient (Wildman–Crippen LogP) is 4.49. The Morgan fingerprint density at radius 1 is 1.25 bits per heavy atom. The maximum absolute atomic E-state index is 13.3. The Balaban J connectivity index is 2.30. The van der Waals surface area contributed by atoms with E-state index in [1.54, 1.807) is 25.1 Å². The molecule has 6 heteroatoms. The van der Waals surface area contributed by atoms with E-state index in [2.05, 4.69) is 37.2 Å². The van der Waals surface area contributed by atoms with Crippen molar-refractivity contribution in [3.63, 3.8) is 0 Å². The number of anilines is 2. The van der Waals surface area contributed by atoms with E-state index in [0.717, 1.165) is 4.47 Å². The summed E-state index contributed by atoms with van der Waals surface area (Å²) in [4.78, 5) is 12.2. The molecule has 0 aliphatic rings. The standard InChI is InChI=1S/C14H11Br2FN2O/c1-7-4-11(17)10(16)6-13(7)19-14(20)9-3-2-8(15)5-12(9)18/h2-6H,18H2,1H3,(H,19,20). The third kappa shape index (κ3) is 3.19. The first-order chi connectivity index (χ1) is 9.38. The van der Waals surface area contributed by atoms with Crippen LogP contribution in [0.15, 0.2) is 39.3 Å². The number of aryl methyl sites for hydroxylation is 1.